The van der Waals surface area contributed by atoms with Gasteiger partial charge in [-0.3, -0.25) is 32.5 Å². The molecule has 1 saturated heterocycles. The molecule has 0 radical (unpaired) electrons. The van der Waals surface area contributed by atoms with Gasteiger partial charge in [0.05, 0.1) is 19.5 Å². The number of fused-ring (bicyclic) bond motifs is 1. The molecule has 0 bridgehead atoms. The lowest BCUT2D eigenvalue weighted by Crippen LogP contribution is -2.46. The number of rotatable bonds is 21. The Bertz CT molecular complexity index is 2070. The number of aliphatic hydroxyl groups is 2. The fourth-order valence-electron chi connectivity index (χ4n) is 5.22. The van der Waals surface area contributed by atoms with Crippen molar-refractivity contribution in [3.05, 3.63) is 48.0 Å². The van der Waals surface area contributed by atoms with E-state index in [9.17, 15) is 57.9 Å². The van der Waals surface area contributed by atoms with Gasteiger partial charge in [0.15, 0.2) is 22.8 Å². The van der Waals surface area contributed by atoms with Crippen LogP contribution in [0.4, 0.5) is 5.82 Å². The zero-order valence-electron chi connectivity index (χ0n) is 31.1. The number of hydrogen-bond donors (Lipinski definition) is 9. The number of imidazole rings is 1. The lowest BCUT2D eigenvalue weighted by Gasteiger charge is -2.30. The lowest BCUT2D eigenvalue weighted by atomic mass is 9.87. The van der Waals surface area contributed by atoms with E-state index in [0.717, 1.165) is 40.1 Å². The van der Waals surface area contributed by atoms with Crippen LogP contribution in [0.3, 0.4) is 0 Å². The van der Waals surface area contributed by atoms with Crippen LogP contribution in [0.15, 0.2) is 36.9 Å². The minimum atomic E-state index is -5.57. The summed E-state index contributed by atoms with van der Waals surface area (Å²) in [4.78, 5) is 87.9. The number of anilines is 1. The number of nitrogens with two attached hydrogens (primary N) is 1. The third kappa shape index (κ3) is 13.9. The molecule has 7 atom stereocenters. The number of nitrogen functional groups attached to an aromatic ring is 1. The maximum absolute atomic E-state index is 12.7. The second kappa shape index (κ2) is 19.9. The summed E-state index contributed by atoms with van der Waals surface area (Å²) in [5.74, 6) is -1.13. The van der Waals surface area contributed by atoms with Crippen LogP contribution >= 0.6 is 35.2 Å². The fraction of sp³-hybridized carbons (Fsp3) is 0.533. The van der Waals surface area contributed by atoms with Crippen molar-refractivity contribution < 1.29 is 80.5 Å². The number of aliphatic hydroxyl groups excluding tert-OH is 2. The number of phosphoric ester groups is 3. The van der Waals surface area contributed by atoms with Crippen LogP contribution in [0.5, 0.6) is 0 Å². The number of nitrogens with one attached hydrogen (secondary N) is 2. The van der Waals surface area contributed by atoms with E-state index in [4.69, 9.17) is 19.5 Å². The van der Waals surface area contributed by atoms with E-state index < -0.39 is 84.6 Å². The van der Waals surface area contributed by atoms with Gasteiger partial charge >= 0.3 is 23.5 Å². The van der Waals surface area contributed by atoms with Crippen molar-refractivity contribution in [2.75, 3.05) is 37.8 Å². The summed E-state index contributed by atoms with van der Waals surface area (Å²) < 4.78 is 62.2. The van der Waals surface area contributed by atoms with Crippen LogP contribution in [0.2, 0.25) is 0 Å². The zero-order valence-corrected chi connectivity index (χ0v) is 34.6. The molecular formula is C30H44N7O17P3S. The number of ether oxygens (including phenoxy) is 1. The third-order valence-electron chi connectivity index (χ3n) is 8.23. The molecule has 7 unspecified atom stereocenters. The molecule has 1 aromatic carbocycles. The highest BCUT2D eigenvalue weighted by atomic mass is 32.2. The number of nitrogens with zero attached hydrogens (tertiary/aromatic N) is 4. The maximum atomic E-state index is 12.7. The van der Waals surface area contributed by atoms with Crippen molar-refractivity contribution in [1.82, 2.24) is 30.2 Å². The van der Waals surface area contributed by atoms with E-state index in [2.05, 4.69) is 34.4 Å². The van der Waals surface area contributed by atoms with E-state index in [0.29, 0.717) is 5.75 Å². The number of carbonyl (C=O) groups is 3. The first-order valence-electron chi connectivity index (χ1n) is 17.1. The van der Waals surface area contributed by atoms with Gasteiger partial charge in [0.2, 0.25) is 11.8 Å². The predicted octanol–water partition coefficient (Wildman–Crippen LogP) is 0.216. The molecule has 0 aliphatic carbocycles. The summed E-state index contributed by atoms with van der Waals surface area (Å²) in [6.07, 6.45) is -6.68. The minimum Gasteiger partial charge on any atom is -0.386 e. The van der Waals surface area contributed by atoms with E-state index in [1.807, 2.05) is 31.2 Å². The van der Waals surface area contributed by atoms with Crippen molar-refractivity contribution in [3.63, 3.8) is 0 Å². The molecule has 1 fully saturated rings. The Morgan fingerprint density at radius 3 is 2.36 bits per heavy atom. The van der Waals surface area contributed by atoms with Gasteiger partial charge in [0, 0.05) is 37.1 Å². The SMILES string of the molecule is Cc1ccc(CC(=O)SCCNC(=O)CCNC(=O)C(O)C(C)(C)COP(=O)(O)OP(=O)(O)OCC2OC(n3cnc4c(N)ncnc43)C(O)C2OP(=O)(O)O)cc1. The highest BCUT2D eigenvalue weighted by Crippen LogP contribution is 2.61. The zero-order chi connectivity index (χ0) is 43.1. The van der Waals surface area contributed by atoms with Crippen LogP contribution in [0.1, 0.15) is 37.6 Å². The molecule has 0 saturated carbocycles. The Balaban J connectivity index is 1.21. The Morgan fingerprint density at radius 1 is 1.02 bits per heavy atom. The normalized spacial score (nSPS) is 21.3. The molecule has 4 rings (SSSR count). The van der Waals surface area contributed by atoms with Crippen molar-refractivity contribution in [3.8, 4) is 0 Å². The number of hydrogen-bond acceptors (Lipinski definition) is 18. The van der Waals surface area contributed by atoms with E-state index in [-0.39, 0.29) is 48.0 Å². The van der Waals surface area contributed by atoms with Crippen molar-refractivity contribution in [2.45, 2.75) is 64.3 Å². The van der Waals surface area contributed by atoms with E-state index in [1.54, 1.807) is 0 Å². The average molecular weight is 900 g/mol. The second-order valence-electron chi connectivity index (χ2n) is 13.5. The summed E-state index contributed by atoms with van der Waals surface area (Å²) in [6, 6.07) is 7.56. The lowest BCUT2D eigenvalue weighted by molar-refractivity contribution is -0.137. The van der Waals surface area contributed by atoms with Gasteiger partial charge in [0.1, 0.15) is 36.3 Å². The standard InChI is InChI=1S/C30H44N7O17P3S/c1-17-4-6-18(7-5-17)12-21(39)58-11-10-32-20(38)8-9-33-28(42)25(41)30(2,3)14-51-57(48,49)54-56(46,47)50-13-19-24(53-55(43,44)45)23(40)29(52-19)37-16-36-22-26(31)34-15-35-27(22)37/h4-7,15-16,19,23-25,29,40-41H,8-14H2,1-3H3,(H,32,38)(H,33,42)(H,46,47)(H,48,49)(H2,31,34,35)(H2,43,44,45). The van der Waals surface area contributed by atoms with Crippen molar-refractivity contribution in [2.24, 2.45) is 5.41 Å². The number of thioether (sulfide) groups is 1. The van der Waals surface area contributed by atoms with Gasteiger partial charge in [-0.05, 0) is 12.5 Å². The topological polar surface area (TPSA) is 364 Å². The molecule has 3 aromatic rings. The first-order chi connectivity index (χ1) is 27.0. The average Bonchev–Trinajstić information content (AvgIpc) is 3.69. The first kappa shape index (κ1) is 47.5. The number of aromatic nitrogens is 4. The highest BCUT2D eigenvalue weighted by molar-refractivity contribution is 8.13. The molecule has 1 aliphatic rings. The van der Waals surface area contributed by atoms with Crippen molar-refractivity contribution in [1.29, 1.82) is 0 Å². The van der Waals surface area contributed by atoms with Gasteiger partial charge in [-0.15, -0.1) is 0 Å². The van der Waals surface area contributed by atoms with Gasteiger partial charge < -0.3 is 50.9 Å². The number of benzene rings is 1. The Morgan fingerprint density at radius 2 is 1.69 bits per heavy atom. The Kier molecular flexibility index (Phi) is 16.3. The molecule has 10 N–H and O–H groups in total. The van der Waals surface area contributed by atoms with Gasteiger partial charge in [-0.25, -0.2) is 28.6 Å². The first-order valence-corrected chi connectivity index (χ1v) is 22.6. The molecule has 322 valence electrons. The molecule has 2 amide bonds. The summed E-state index contributed by atoms with van der Waals surface area (Å²) >= 11 is 1.07. The number of amides is 2. The molecule has 24 nitrogen and oxygen atoms in total. The van der Waals surface area contributed by atoms with Crippen molar-refractivity contribution >= 4 is 69.1 Å². The van der Waals surface area contributed by atoms with Crippen LogP contribution in [0, 0.1) is 12.3 Å². The summed E-state index contributed by atoms with van der Waals surface area (Å²) in [7, 11) is -16.4. The Labute approximate surface area is 334 Å². The monoisotopic (exact) mass is 899 g/mol. The fourth-order valence-corrected chi connectivity index (χ4v) is 8.75. The number of aryl methyl sites for hydroxylation is 1. The largest absolute Gasteiger partial charge is 0.481 e. The number of carbonyl (C=O) groups excluding carboxylic acids is 3. The molecule has 2 aromatic heterocycles. The van der Waals surface area contributed by atoms with Crippen LogP contribution in [-0.4, -0.2) is 123 Å². The van der Waals surface area contributed by atoms with Crippen LogP contribution < -0.4 is 16.4 Å². The smallest absolute Gasteiger partial charge is 0.386 e. The summed E-state index contributed by atoms with van der Waals surface area (Å²) in [5.41, 5.74) is 6.22. The Hall–Kier alpha value is -3.22. The second-order valence-corrected chi connectivity index (χ2v) is 18.8. The molecule has 28 heteroatoms. The quantitative estimate of drug-likeness (QED) is 0.0510. The van der Waals surface area contributed by atoms with Gasteiger partial charge in [-0.2, -0.15) is 4.31 Å². The number of phosphoric acid groups is 3. The van der Waals surface area contributed by atoms with Gasteiger partial charge in [-0.1, -0.05) is 55.4 Å². The van der Waals surface area contributed by atoms with Crippen LogP contribution in [-0.2, 0) is 57.1 Å². The molecule has 0 spiro atoms. The van der Waals surface area contributed by atoms with E-state index >= 15 is 0 Å². The molecule has 58 heavy (non-hydrogen) atoms. The van der Waals surface area contributed by atoms with E-state index in [1.165, 1.54) is 13.8 Å². The highest BCUT2D eigenvalue weighted by Gasteiger charge is 2.50. The molecular weight excluding hydrogens is 855 g/mol. The molecule has 1 aliphatic heterocycles. The summed E-state index contributed by atoms with van der Waals surface area (Å²) in [5, 5.41) is 26.4. The van der Waals surface area contributed by atoms with Crippen LogP contribution in [0.25, 0.3) is 11.2 Å². The maximum Gasteiger partial charge on any atom is 0.481 e. The van der Waals surface area contributed by atoms with Gasteiger partial charge in [0.25, 0.3) is 0 Å². The predicted molar refractivity (Wildman–Crippen MR) is 202 cm³/mol. The minimum absolute atomic E-state index is 0.0296. The molecule has 3 heterocycles. The third-order valence-corrected chi connectivity index (χ3v) is 12.2. The summed E-state index contributed by atoms with van der Waals surface area (Å²) in [6.45, 7) is 2.42.